The van der Waals surface area contributed by atoms with Gasteiger partial charge < -0.3 is 4.90 Å². The van der Waals surface area contributed by atoms with Gasteiger partial charge in [0.2, 0.25) is 0 Å². The summed E-state index contributed by atoms with van der Waals surface area (Å²) in [7, 11) is 0. The maximum atomic E-state index is 5.94. The SMILES string of the molecule is CC1(C)CN(c2ccc(Cl)c(Br)c2)C1. The van der Waals surface area contributed by atoms with Gasteiger partial charge in [0.15, 0.2) is 0 Å². The lowest BCUT2D eigenvalue weighted by molar-refractivity contribution is 0.276. The van der Waals surface area contributed by atoms with Gasteiger partial charge in [-0.1, -0.05) is 25.4 Å². The van der Waals surface area contributed by atoms with Gasteiger partial charge >= 0.3 is 0 Å². The fourth-order valence-electron chi connectivity index (χ4n) is 1.85. The van der Waals surface area contributed by atoms with Crippen molar-refractivity contribution < 1.29 is 0 Å². The number of benzene rings is 1. The van der Waals surface area contributed by atoms with Crippen LogP contribution in [0.2, 0.25) is 5.02 Å². The van der Waals surface area contributed by atoms with Gasteiger partial charge in [-0.25, -0.2) is 0 Å². The second-order valence-corrected chi connectivity index (χ2v) is 5.88. The Hall–Kier alpha value is -0.210. The van der Waals surface area contributed by atoms with Gasteiger partial charge in [0, 0.05) is 23.2 Å². The van der Waals surface area contributed by atoms with E-state index in [9.17, 15) is 0 Å². The molecule has 0 N–H and O–H groups in total. The molecule has 1 aliphatic rings. The Morgan fingerprint density at radius 1 is 1.36 bits per heavy atom. The Labute approximate surface area is 98.2 Å². The minimum atomic E-state index is 0.464. The van der Waals surface area contributed by atoms with Crippen LogP contribution in [0.3, 0.4) is 0 Å². The van der Waals surface area contributed by atoms with E-state index in [1.807, 2.05) is 6.07 Å². The predicted octanol–water partition coefficient (Wildman–Crippen LogP) is 3.95. The minimum Gasteiger partial charge on any atom is -0.370 e. The molecule has 14 heavy (non-hydrogen) atoms. The van der Waals surface area contributed by atoms with Crippen molar-refractivity contribution in [2.45, 2.75) is 13.8 Å². The summed E-state index contributed by atoms with van der Waals surface area (Å²) in [5.74, 6) is 0. The monoisotopic (exact) mass is 273 g/mol. The third-order valence-electron chi connectivity index (χ3n) is 2.51. The highest BCUT2D eigenvalue weighted by Crippen LogP contribution is 2.35. The van der Waals surface area contributed by atoms with Gasteiger partial charge in [0.05, 0.1) is 5.02 Å². The van der Waals surface area contributed by atoms with E-state index in [2.05, 4.69) is 46.8 Å². The quantitative estimate of drug-likeness (QED) is 0.749. The van der Waals surface area contributed by atoms with E-state index in [1.165, 1.54) is 5.69 Å². The molecular weight excluding hydrogens is 261 g/mol. The molecule has 2 rings (SSSR count). The van der Waals surface area contributed by atoms with Crippen molar-refractivity contribution in [1.29, 1.82) is 0 Å². The zero-order valence-electron chi connectivity index (χ0n) is 8.35. The summed E-state index contributed by atoms with van der Waals surface area (Å²) in [6.45, 7) is 6.82. The van der Waals surface area contributed by atoms with Crippen LogP contribution < -0.4 is 4.90 Å². The predicted molar refractivity (Wildman–Crippen MR) is 65.1 cm³/mol. The third kappa shape index (κ3) is 1.91. The summed E-state index contributed by atoms with van der Waals surface area (Å²) >= 11 is 9.37. The molecule has 1 aliphatic heterocycles. The average Bonchev–Trinajstić information content (AvgIpc) is 2.06. The molecule has 0 bridgehead atoms. The maximum absolute atomic E-state index is 5.94. The molecule has 1 saturated heterocycles. The second-order valence-electron chi connectivity index (χ2n) is 4.62. The van der Waals surface area contributed by atoms with Gasteiger partial charge in [-0.05, 0) is 39.5 Å². The highest BCUT2D eigenvalue weighted by molar-refractivity contribution is 9.10. The van der Waals surface area contributed by atoms with Crippen molar-refractivity contribution in [1.82, 2.24) is 0 Å². The molecule has 3 heteroatoms. The molecule has 0 aromatic heterocycles. The first-order valence-corrected chi connectivity index (χ1v) is 5.85. The number of anilines is 1. The van der Waals surface area contributed by atoms with Crippen molar-refractivity contribution in [2.24, 2.45) is 5.41 Å². The second kappa shape index (κ2) is 3.42. The Kier molecular flexibility index (Phi) is 2.52. The van der Waals surface area contributed by atoms with Gasteiger partial charge in [-0.3, -0.25) is 0 Å². The summed E-state index contributed by atoms with van der Waals surface area (Å²) in [5.41, 5.74) is 1.71. The van der Waals surface area contributed by atoms with Gasteiger partial charge in [-0.15, -0.1) is 0 Å². The van der Waals surface area contributed by atoms with E-state index in [4.69, 9.17) is 11.6 Å². The van der Waals surface area contributed by atoms with Gasteiger partial charge in [0.1, 0.15) is 0 Å². The third-order valence-corrected chi connectivity index (χ3v) is 3.72. The van der Waals surface area contributed by atoms with E-state index < -0.39 is 0 Å². The lowest BCUT2D eigenvalue weighted by atomic mass is 9.84. The zero-order chi connectivity index (χ0) is 10.3. The summed E-state index contributed by atoms with van der Waals surface area (Å²) < 4.78 is 0.973. The normalized spacial score (nSPS) is 19.3. The van der Waals surface area contributed by atoms with Crippen LogP contribution >= 0.6 is 27.5 Å². The van der Waals surface area contributed by atoms with Crippen LogP contribution in [0, 0.1) is 5.41 Å². The topological polar surface area (TPSA) is 3.24 Å². The van der Waals surface area contributed by atoms with Crippen LogP contribution in [0.15, 0.2) is 22.7 Å². The molecule has 0 aliphatic carbocycles. The number of halogens is 2. The average molecular weight is 275 g/mol. The standard InChI is InChI=1S/C11H13BrClN/c1-11(2)6-14(7-11)8-3-4-10(13)9(12)5-8/h3-5H,6-7H2,1-2H3. The van der Waals surface area contributed by atoms with E-state index in [0.717, 1.165) is 22.6 Å². The molecule has 1 nitrogen and oxygen atoms in total. The fourth-order valence-corrected chi connectivity index (χ4v) is 2.34. The number of hydrogen-bond donors (Lipinski definition) is 0. The van der Waals surface area contributed by atoms with Gasteiger partial charge in [0.25, 0.3) is 0 Å². The molecule has 0 unspecified atom stereocenters. The van der Waals surface area contributed by atoms with Crippen molar-refractivity contribution in [3.05, 3.63) is 27.7 Å². The molecule has 0 amide bonds. The molecule has 0 spiro atoms. The first kappa shape index (κ1) is 10.3. The zero-order valence-corrected chi connectivity index (χ0v) is 10.7. The first-order valence-electron chi connectivity index (χ1n) is 4.68. The molecular formula is C11H13BrClN. The van der Waals surface area contributed by atoms with Crippen LogP contribution in [-0.4, -0.2) is 13.1 Å². The van der Waals surface area contributed by atoms with Crippen molar-refractivity contribution in [3.8, 4) is 0 Å². The van der Waals surface area contributed by atoms with Crippen LogP contribution in [0.25, 0.3) is 0 Å². The Bertz CT molecular complexity index is 354. The molecule has 0 atom stereocenters. The lowest BCUT2D eigenvalue weighted by Crippen LogP contribution is -2.53. The minimum absolute atomic E-state index is 0.464. The van der Waals surface area contributed by atoms with Crippen LogP contribution in [-0.2, 0) is 0 Å². The highest BCUT2D eigenvalue weighted by atomic mass is 79.9. The molecule has 1 aromatic carbocycles. The molecule has 0 radical (unpaired) electrons. The van der Waals surface area contributed by atoms with Crippen LogP contribution in [0.5, 0.6) is 0 Å². The van der Waals surface area contributed by atoms with Crippen molar-refractivity contribution in [2.75, 3.05) is 18.0 Å². The Balaban J connectivity index is 2.16. The molecule has 1 fully saturated rings. The molecule has 0 saturated carbocycles. The fraction of sp³-hybridized carbons (Fsp3) is 0.455. The maximum Gasteiger partial charge on any atom is 0.0549 e. The summed E-state index contributed by atoms with van der Waals surface area (Å²) in [5, 5.41) is 0.772. The molecule has 1 aromatic rings. The van der Waals surface area contributed by atoms with Crippen molar-refractivity contribution in [3.63, 3.8) is 0 Å². The number of nitrogens with zero attached hydrogens (tertiary/aromatic N) is 1. The largest absolute Gasteiger partial charge is 0.370 e. The summed E-state index contributed by atoms with van der Waals surface area (Å²) in [6.07, 6.45) is 0. The first-order chi connectivity index (χ1) is 6.48. The smallest absolute Gasteiger partial charge is 0.0549 e. The van der Waals surface area contributed by atoms with Crippen molar-refractivity contribution >= 4 is 33.2 Å². The Morgan fingerprint density at radius 2 is 2.00 bits per heavy atom. The lowest BCUT2D eigenvalue weighted by Gasteiger charge is -2.47. The van der Waals surface area contributed by atoms with E-state index in [-0.39, 0.29) is 0 Å². The van der Waals surface area contributed by atoms with Crippen LogP contribution in [0.1, 0.15) is 13.8 Å². The number of rotatable bonds is 1. The highest BCUT2D eigenvalue weighted by Gasteiger charge is 2.34. The van der Waals surface area contributed by atoms with E-state index in [1.54, 1.807) is 0 Å². The number of hydrogen-bond acceptors (Lipinski definition) is 1. The molecule has 1 heterocycles. The Morgan fingerprint density at radius 3 is 2.50 bits per heavy atom. The van der Waals surface area contributed by atoms with Gasteiger partial charge in [-0.2, -0.15) is 0 Å². The summed E-state index contributed by atoms with van der Waals surface area (Å²) in [4.78, 5) is 2.36. The molecule has 76 valence electrons. The van der Waals surface area contributed by atoms with Crippen LogP contribution in [0.4, 0.5) is 5.69 Å². The summed E-state index contributed by atoms with van der Waals surface area (Å²) in [6, 6.07) is 6.09. The van der Waals surface area contributed by atoms with E-state index >= 15 is 0 Å². The van der Waals surface area contributed by atoms with E-state index in [0.29, 0.717) is 5.41 Å².